The molecular weight excluding hydrogens is 236 g/mol. The first-order chi connectivity index (χ1) is 9.29. The summed E-state index contributed by atoms with van der Waals surface area (Å²) in [5.74, 6) is 1.27. The largest absolute Gasteiger partial charge is 0.496 e. The topological polar surface area (TPSA) is 26.3 Å². The summed E-state index contributed by atoms with van der Waals surface area (Å²) in [6.45, 7) is 0. The molecule has 0 saturated carbocycles. The zero-order valence-electron chi connectivity index (χ0n) is 10.9. The summed E-state index contributed by atoms with van der Waals surface area (Å²) in [5, 5.41) is 0. The van der Waals surface area contributed by atoms with Crippen LogP contribution in [0.15, 0.2) is 48.5 Å². The first-order valence-corrected chi connectivity index (χ1v) is 6.52. The van der Waals surface area contributed by atoms with Gasteiger partial charge in [0.15, 0.2) is 0 Å². The molecule has 2 heteroatoms. The van der Waals surface area contributed by atoms with E-state index in [0.717, 1.165) is 11.3 Å². The number of hydrogen-bond acceptors (Lipinski definition) is 2. The van der Waals surface area contributed by atoms with E-state index in [1.807, 2.05) is 30.3 Å². The Labute approximate surface area is 113 Å². The van der Waals surface area contributed by atoms with Crippen LogP contribution in [0.1, 0.15) is 29.0 Å². The third-order valence-corrected chi connectivity index (χ3v) is 3.77. The van der Waals surface area contributed by atoms with Gasteiger partial charge in [-0.3, -0.25) is 4.79 Å². The van der Waals surface area contributed by atoms with Gasteiger partial charge in [-0.2, -0.15) is 0 Å². The van der Waals surface area contributed by atoms with Crippen molar-refractivity contribution in [3.63, 3.8) is 0 Å². The molecule has 3 rings (SSSR count). The standard InChI is InChI=1S/C17H16O2/c1-19-17-9-5-8-14-15(10-13(18)11-16(14)17)12-6-3-2-4-7-12/h2-9,15H,10-11H2,1H3/t15-/m1/s1. The number of rotatable bonds is 2. The Bertz CT molecular complexity index is 602. The van der Waals surface area contributed by atoms with Crippen LogP contribution in [0.5, 0.6) is 5.75 Å². The van der Waals surface area contributed by atoms with E-state index in [4.69, 9.17) is 4.74 Å². The van der Waals surface area contributed by atoms with E-state index in [-0.39, 0.29) is 11.7 Å². The van der Waals surface area contributed by atoms with Crippen molar-refractivity contribution in [1.29, 1.82) is 0 Å². The van der Waals surface area contributed by atoms with Gasteiger partial charge in [-0.1, -0.05) is 42.5 Å². The molecule has 0 saturated heterocycles. The summed E-state index contributed by atoms with van der Waals surface area (Å²) >= 11 is 0. The molecule has 0 heterocycles. The molecular formula is C17H16O2. The molecule has 0 radical (unpaired) electrons. The van der Waals surface area contributed by atoms with Crippen molar-refractivity contribution >= 4 is 5.78 Å². The molecule has 1 aliphatic rings. The van der Waals surface area contributed by atoms with E-state index in [9.17, 15) is 4.79 Å². The monoisotopic (exact) mass is 252 g/mol. The summed E-state index contributed by atoms with van der Waals surface area (Å²) in [7, 11) is 1.66. The van der Waals surface area contributed by atoms with Crippen molar-refractivity contribution < 1.29 is 9.53 Å². The van der Waals surface area contributed by atoms with Crippen LogP contribution >= 0.6 is 0 Å². The van der Waals surface area contributed by atoms with E-state index < -0.39 is 0 Å². The average Bonchev–Trinajstić information content (AvgIpc) is 2.46. The quantitative estimate of drug-likeness (QED) is 0.819. The number of ether oxygens (including phenoxy) is 1. The first-order valence-electron chi connectivity index (χ1n) is 6.52. The van der Waals surface area contributed by atoms with Gasteiger partial charge in [0.2, 0.25) is 0 Å². The van der Waals surface area contributed by atoms with E-state index >= 15 is 0 Å². The summed E-state index contributed by atoms with van der Waals surface area (Å²) in [5.41, 5.74) is 3.48. The highest BCUT2D eigenvalue weighted by molar-refractivity contribution is 5.85. The second-order valence-electron chi connectivity index (χ2n) is 4.91. The molecule has 2 aromatic rings. The second kappa shape index (κ2) is 4.88. The van der Waals surface area contributed by atoms with Crippen LogP contribution in [-0.4, -0.2) is 12.9 Å². The predicted molar refractivity (Wildman–Crippen MR) is 74.6 cm³/mol. The maximum atomic E-state index is 12.0. The van der Waals surface area contributed by atoms with Gasteiger partial charge in [0, 0.05) is 24.3 Å². The van der Waals surface area contributed by atoms with Gasteiger partial charge in [-0.15, -0.1) is 0 Å². The van der Waals surface area contributed by atoms with Crippen LogP contribution in [0.2, 0.25) is 0 Å². The maximum Gasteiger partial charge on any atom is 0.138 e. The summed E-state index contributed by atoms with van der Waals surface area (Å²) in [6.07, 6.45) is 1.08. The highest BCUT2D eigenvalue weighted by Crippen LogP contribution is 2.38. The molecule has 0 N–H and O–H groups in total. The van der Waals surface area contributed by atoms with Crippen molar-refractivity contribution in [3.8, 4) is 5.75 Å². The van der Waals surface area contributed by atoms with Crippen molar-refractivity contribution in [1.82, 2.24) is 0 Å². The van der Waals surface area contributed by atoms with Gasteiger partial charge in [0.25, 0.3) is 0 Å². The Morgan fingerprint density at radius 1 is 1.05 bits per heavy atom. The molecule has 2 aromatic carbocycles. The molecule has 0 spiro atoms. The molecule has 0 aromatic heterocycles. The predicted octanol–water partition coefficient (Wildman–Crippen LogP) is 3.34. The van der Waals surface area contributed by atoms with E-state index in [0.29, 0.717) is 12.8 Å². The zero-order chi connectivity index (χ0) is 13.2. The van der Waals surface area contributed by atoms with Gasteiger partial charge in [-0.05, 0) is 17.2 Å². The molecule has 0 unspecified atom stereocenters. The Hall–Kier alpha value is -2.09. The smallest absolute Gasteiger partial charge is 0.138 e. The lowest BCUT2D eigenvalue weighted by atomic mass is 9.78. The van der Waals surface area contributed by atoms with Gasteiger partial charge in [0.05, 0.1) is 7.11 Å². The van der Waals surface area contributed by atoms with Crippen molar-refractivity contribution in [2.45, 2.75) is 18.8 Å². The van der Waals surface area contributed by atoms with Crippen LogP contribution in [0, 0.1) is 0 Å². The number of Topliss-reactive ketones (excluding diaryl/α,β-unsaturated/α-hetero) is 1. The van der Waals surface area contributed by atoms with E-state index in [1.54, 1.807) is 7.11 Å². The Balaban J connectivity index is 2.13. The second-order valence-corrected chi connectivity index (χ2v) is 4.91. The number of carbonyl (C=O) groups is 1. The fourth-order valence-electron chi connectivity index (χ4n) is 2.88. The molecule has 0 amide bonds. The summed E-state index contributed by atoms with van der Waals surface area (Å²) < 4.78 is 5.39. The minimum absolute atomic E-state index is 0.160. The molecule has 0 bridgehead atoms. The van der Waals surface area contributed by atoms with E-state index in [2.05, 4.69) is 18.2 Å². The molecule has 1 aliphatic carbocycles. The molecule has 2 nitrogen and oxygen atoms in total. The number of carbonyl (C=O) groups excluding carboxylic acids is 1. The summed E-state index contributed by atoms with van der Waals surface area (Å²) in [6, 6.07) is 16.3. The van der Waals surface area contributed by atoms with Crippen molar-refractivity contribution in [2.75, 3.05) is 7.11 Å². The highest BCUT2D eigenvalue weighted by atomic mass is 16.5. The normalized spacial score (nSPS) is 17.9. The third kappa shape index (κ3) is 2.14. The van der Waals surface area contributed by atoms with Crippen LogP contribution in [0.4, 0.5) is 0 Å². The average molecular weight is 252 g/mol. The number of methoxy groups -OCH3 is 1. The number of ketones is 1. The SMILES string of the molecule is COc1cccc2c1CC(=O)C[C@@H]2c1ccccc1. The lowest BCUT2D eigenvalue weighted by Gasteiger charge is -2.26. The Kier molecular flexibility index (Phi) is 3.08. The fourth-order valence-corrected chi connectivity index (χ4v) is 2.88. The molecule has 19 heavy (non-hydrogen) atoms. The molecule has 96 valence electrons. The summed E-state index contributed by atoms with van der Waals surface area (Å²) in [4.78, 5) is 12.0. The molecule has 0 fully saturated rings. The zero-order valence-corrected chi connectivity index (χ0v) is 10.9. The van der Waals surface area contributed by atoms with Gasteiger partial charge in [-0.25, -0.2) is 0 Å². The van der Waals surface area contributed by atoms with Gasteiger partial charge in [0.1, 0.15) is 11.5 Å². The Morgan fingerprint density at radius 2 is 1.84 bits per heavy atom. The van der Waals surface area contributed by atoms with Crippen molar-refractivity contribution in [3.05, 3.63) is 65.2 Å². The van der Waals surface area contributed by atoms with Gasteiger partial charge >= 0.3 is 0 Å². The lowest BCUT2D eigenvalue weighted by molar-refractivity contribution is -0.119. The minimum Gasteiger partial charge on any atom is -0.496 e. The molecule has 0 aliphatic heterocycles. The van der Waals surface area contributed by atoms with Crippen LogP contribution < -0.4 is 4.74 Å². The van der Waals surface area contributed by atoms with Crippen molar-refractivity contribution in [2.24, 2.45) is 0 Å². The molecule has 1 atom stereocenters. The lowest BCUT2D eigenvalue weighted by Crippen LogP contribution is -2.19. The van der Waals surface area contributed by atoms with Gasteiger partial charge < -0.3 is 4.74 Å². The number of fused-ring (bicyclic) bond motifs is 1. The maximum absolute atomic E-state index is 12.0. The Morgan fingerprint density at radius 3 is 2.58 bits per heavy atom. The fraction of sp³-hybridized carbons (Fsp3) is 0.235. The van der Waals surface area contributed by atoms with E-state index in [1.165, 1.54) is 11.1 Å². The van der Waals surface area contributed by atoms with Crippen LogP contribution in [0.3, 0.4) is 0 Å². The van der Waals surface area contributed by atoms with Crippen LogP contribution in [0.25, 0.3) is 0 Å². The first kappa shape index (κ1) is 12.0. The van der Waals surface area contributed by atoms with Crippen LogP contribution in [-0.2, 0) is 11.2 Å². The number of benzene rings is 2. The minimum atomic E-state index is 0.160. The number of hydrogen-bond donors (Lipinski definition) is 0. The third-order valence-electron chi connectivity index (χ3n) is 3.77. The highest BCUT2D eigenvalue weighted by Gasteiger charge is 2.28.